The van der Waals surface area contributed by atoms with E-state index < -0.39 is 5.97 Å². The number of carboxylic acid groups (broad SMARTS) is 1. The van der Waals surface area contributed by atoms with E-state index in [-0.39, 0.29) is 18.0 Å². The Bertz CT molecular complexity index is 1290. The molecular weight excluding hydrogens is 407 g/mol. The smallest absolute Gasteiger partial charge is 0.335 e. The van der Waals surface area contributed by atoms with Gasteiger partial charge >= 0.3 is 5.97 Å². The van der Waals surface area contributed by atoms with Gasteiger partial charge in [0.05, 0.1) is 11.3 Å². The number of nitrogen functional groups attached to an aromatic ring is 1. The Morgan fingerprint density at radius 2 is 1.75 bits per heavy atom. The van der Waals surface area contributed by atoms with Gasteiger partial charge < -0.3 is 20.1 Å². The number of aromatic nitrogens is 1. The van der Waals surface area contributed by atoms with E-state index in [2.05, 4.69) is 0 Å². The molecule has 0 amide bonds. The molecule has 0 saturated carbocycles. The van der Waals surface area contributed by atoms with Crippen LogP contribution in [0.4, 0.5) is 10.1 Å². The van der Waals surface area contributed by atoms with Gasteiger partial charge in [-0.2, -0.15) is 0 Å². The fourth-order valence-electron chi connectivity index (χ4n) is 3.69. The molecule has 0 radical (unpaired) electrons. The Morgan fingerprint density at radius 1 is 1.00 bits per heavy atom. The second kappa shape index (κ2) is 8.59. The van der Waals surface area contributed by atoms with Gasteiger partial charge in [-0.25, -0.2) is 9.18 Å². The highest BCUT2D eigenvalue weighted by molar-refractivity contribution is 5.90. The van der Waals surface area contributed by atoms with Crippen molar-refractivity contribution in [2.24, 2.45) is 0 Å². The summed E-state index contributed by atoms with van der Waals surface area (Å²) in [7, 11) is 0. The van der Waals surface area contributed by atoms with Gasteiger partial charge in [0.2, 0.25) is 0 Å². The highest BCUT2D eigenvalue weighted by Gasteiger charge is 2.16. The van der Waals surface area contributed by atoms with Crippen molar-refractivity contribution < 1.29 is 19.0 Å². The van der Waals surface area contributed by atoms with Crippen LogP contribution >= 0.6 is 0 Å². The van der Waals surface area contributed by atoms with Gasteiger partial charge in [0.15, 0.2) is 0 Å². The summed E-state index contributed by atoms with van der Waals surface area (Å²) >= 11 is 0. The Kier molecular flexibility index (Phi) is 5.69. The molecule has 3 aromatic carbocycles. The molecule has 0 saturated heterocycles. The minimum atomic E-state index is -1.04. The van der Waals surface area contributed by atoms with Gasteiger partial charge in [-0.3, -0.25) is 0 Å². The lowest BCUT2D eigenvalue weighted by Crippen LogP contribution is -2.05. The number of ether oxygens (including phenoxy) is 1. The number of hydrogen-bond acceptors (Lipinski definition) is 3. The fraction of sp³-hybridized carbons (Fsp3) is 0.115. The highest BCUT2D eigenvalue weighted by Crippen LogP contribution is 2.35. The molecule has 0 aliphatic heterocycles. The first-order chi connectivity index (χ1) is 15.3. The van der Waals surface area contributed by atoms with Crippen LogP contribution in [0.25, 0.3) is 16.9 Å². The summed E-state index contributed by atoms with van der Waals surface area (Å²) in [4.78, 5) is 11.5. The Morgan fingerprint density at radius 3 is 2.47 bits per heavy atom. The van der Waals surface area contributed by atoms with Crippen molar-refractivity contribution in [1.82, 2.24) is 4.57 Å². The van der Waals surface area contributed by atoms with Gasteiger partial charge in [-0.15, -0.1) is 0 Å². The van der Waals surface area contributed by atoms with E-state index in [1.165, 1.54) is 18.2 Å². The molecule has 3 N–H and O–H groups in total. The summed E-state index contributed by atoms with van der Waals surface area (Å²) in [6.07, 6.45) is 0. The van der Waals surface area contributed by atoms with Crippen LogP contribution in [0.1, 0.15) is 27.2 Å². The van der Waals surface area contributed by atoms with Gasteiger partial charge in [0.1, 0.15) is 18.2 Å². The Labute approximate surface area is 185 Å². The van der Waals surface area contributed by atoms with Crippen LogP contribution in [0.15, 0.2) is 72.8 Å². The summed E-state index contributed by atoms with van der Waals surface area (Å²) in [5.41, 5.74) is 11.7. The molecule has 4 aromatic rings. The standard InChI is InChI=1S/C26H23FN2O3/c1-16-3-10-25(32-15-18-5-7-20(27)8-6-18)23(11-16)24-9-4-17(2)29(24)22-13-19(26(30)31)12-21(28)14-22/h3-14H,15,28H2,1-2H3,(H,30,31). The summed E-state index contributed by atoms with van der Waals surface area (Å²) in [6, 6.07) is 20.8. The van der Waals surface area contributed by atoms with E-state index in [1.54, 1.807) is 24.3 Å². The zero-order valence-corrected chi connectivity index (χ0v) is 17.8. The molecule has 1 aromatic heterocycles. The van der Waals surface area contributed by atoms with E-state index in [1.807, 2.05) is 48.7 Å². The van der Waals surface area contributed by atoms with Crippen LogP contribution in [0.5, 0.6) is 5.75 Å². The number of anilines is 1. The van der Waals surface area contributed by atoms with E-state index in [9.17, 15) is 14.3 Å². The van der Waals surface area contributed by atoms with Crippen LogP contribution in [0.2, 0.25) is 0 Å². The third-order valence-corrected chi connectivity index (χ3v) is 5.24. The lowest BCUT2D eigenvalue weighted by Gasteiger charge is -2.17. The second-order valence-electron chi connectivity index (χ2n) is 7.73. The minimum Gasteiger partial charge on any atom is -0.488 e. The first-order valence-corrected chi connectivity index (χ1v) is 10.1. The first kappa shape index (κ1) is 21.2. The van der Waals surface area contributed by atoms with Crippen LogP contribution < -0.4 is 10.5 Å². The number of nitrogens with zero attached hydrogens (tertiary/aromatic N) is 1. The number of hydrogen-bond donors (Lipinski definition) is 2. The van der Waals surface area contributed by atoms with Crippen LogP contribution in [0, 0.1) is 19.7 Å². The average molecular weight is 430 g/mol. The lowest BCUT2D eigenvalue weighted by atomic mass is 10.1. The van der Waals surface area contributed by atoms with E-state index in [4.69, 9.17) is 10.5 Å². The molecule has 0 atom stereocenters. The van der Waals surface area contributed by atoms with Crippen molar-refractivity contribution in [2.75, 3.05) is 5.73 Å². The SMILES string of the molecule is Cc1ccc(OCc2ccc(F)cc2)c(-c2ccc(C)n2-c2cc(N)cc(C(=O)O)c2)c1. The number of benzene rings is 3. The lowest BCUT2D eigenvalue weighted by molar-refractivity contribution is 0.0697. The average Bonchev–Trinajstić information content (AvgIpc) is 3.14. The number of halogens is 1. The molecule has 0 aliphatic carbocycles. The normalized spacial score (nSPS) is 10.8. The van der Waals surface area contributed by atoms with Crippen molar-refractivity contribution in [2.45, 2.75) is 20.5 Å². The van der Waals surface area contributed by atoms with Crippen molar-refractivity contribution in [3.63, 3.8) is 0 Å². The Balaban J connectivity index is 1.78. The predicted molar refractivity (Wildman–Crippen MR) is 123 cm³/mol. The number of aromatic carboxylic acids is 1. The number of rotatable bonds is 6. The largest absolute Gasteiger partial charge is 0.488 e. The number of aryl methyl sites for hydroxylation is 2. The van der Waals surface area contributed by atoms with Crippen molar-refractivity contribution in [3.8, 4) is 22.7 Å². The molecule has 0 spiro atoms. The van der Waals surface area contributed by atoms with E-state index in [0.29, 0.717) is 17.1 Å². The van der Waals surface area contributed by atoms with Gasteiger partial charge in [0, 0.05) is 22.6 Å². The molecule has 5 nitrogen and oxygen atoms in total. The Hall–Kier alpha value is -4.06. The molecule has 6 heteroatoms. The topological polar surface area (TPSA) is 77.5 Å². The maximum absolute atomic E-state index is 13.2. The third kappa shape index (κ3) is 4.34. The maximum atomic E-state index is 13.2. The van der Waals surface area contributed by atoms with E-state index in [0.717, 1.165) is 28.1 Å². The first-order valence-electron chi connectivity index (χ1n) is 10.1. The van der Waals surface area contributed by atoms with Crippen molar-refractivity contribution >= 4 is 11.7 Å². The molecule has 1 heterocycles. The molecule has 0 aliphatic rings. The van der Waals surface area contributed by atoms with E-state index >= 15 is 0 Å². The summed E-state index contributed by atoms with van der Waals surface area (Å²) in [6.45, 7) is 4.23. The quantitative estimate of drug-likeness (QED) is 0.381. The number of nitrogens with two attached hydrogens (primary N) is 1. The summed E-state index contributed by atoms with van der Waals surface area (Å²) < 4.78 is 21.3. The molecule has 162 valence electrons. The number of carboxylic acids is 1. The van der Waals surface area contributed by atoms with Gasteiger partial charge in [0.25, 0.3) is 0 Å². The van der Waals surface area contributed by atoms with Crippen molar-refractivity contribution in [3.05, 3.63) is 101 Å². The molecule has 0 fully saturated rings. The summed E-state index contributed by atoms with van der Waals surface area (Å²) in [5.74, 6) is -0.661. The predicted octanol–water partition coefficient (Wildman–Crippen LogP) is 5.76. The van der Waals surface area contributed by atoms with Gasteiger partial charge in [-0.05, 0) is 74.0 Å². The molecule has 32 heavy (non-hydrogen) atoms. The monoisotopic (exact) mass is 430 g/mol. The maximum Gasteiger partial charge on any atom is 0.335 e. The highest BCUT2D eigenvalue weighted by atomic mass is 19.1. The van der Waals surface area contributed by atoms with Crippen LogP contribution in [-0.4, -0.2) is 15.6 Å². The molecule has 0 bridgehead atoms. The zero-order valence-electron chi connectivity index (χ0n) is 17.8. The summed E-state index contributed by atoms with van der Waals surface area (Å²) in [5, 5.41) is 9.45. The van der Waals surface area contributed by atoms with Crippen LogP contribution in [0.3, 0.4) is 0 Å². The minimum absolute atomic E-state index is 0.121. The number of carbonyl (C=O) groups is 1. The third-order valence-electron chi connectivity index (χ3n) is 5.24. The molecular formula is C26H23FN2O3. The van der Waals surface area contributed by atoms with Gasteiger partial charge in [-0.1, -0.05) is 23.8 Å². The fourth-order valence-corrected chi connectivity index (χ4v) is 3.69. The second-order valence-corrected chi connectivity index (χ2v) is 7.73. The molecule has 4 rings (SSSR count). The molecule has 0 unspecified atom stereocenters. The zero-order chi connectivity index (χ0) is 22.8. The van der Waals surface area contributed by atoms with Crippen LogP contribution in [-0.2, 0) is 6.61 Å². The van der Waals surface area contributed by atoms with Crippen molar-refractivity contribution in [1.29, 1.82) is 0 Å².